The van der Waals surface area contributed by atoms with E-state index in [0.717, 1.165) is 5.11 Å². The minimum Gasteiger partial charge on any atom is -0.366 e. The van der Waals surface area contributed by atoms with E-state index < -0.39 is 0 Å². The molecule has 2 nitrogen and oxygen atoms in total. The molecule has 0 bridgehead atoms. The lowest BCUT2D eigenvalue weighted by Gasteiger charge is -2.13. The van der Waals surface area contributed by atoms with Crippen molar-refractivity contribution in [2.24, 2.45) is 0 Å². The Kier molecular flexibility index (Phi) is 5.30. The second-order valence-corrected chi connectivity index (χ2v) is 2.82. The van der Waals surface area contributed by atoms with Gasteiger partial charge in [-0.1, -0.05) is 13.3 Å². The number of hydrogen-bond acceptors (Lipinski definition) is 1. The van der Waals surface area contributed by atoms with Crippen LogP contribution in [-0.4, -0.2) is 18.2 Å². The maximum absolute atomic E-state index is 4.92. The molecule has 0 amide bonds. The van der Waals surface area contributed by atoms with E-state index in [1.54, 1.807) is 0 Å². The molecule has 0 spiro atoms. The first kappa shape index (κ1) is 9.69. The number of thiocarbonyl (C=S) groups is 1. The van der Waals surface area contributed by atoms with Crippen LogP contribution in [0.4, 0.5) is 0 Å². The van der Waals surface area contributed by atoms with Crippen molar-refractivity contribution in [2.75, 3.05) is 7.05 Å². The highest BCUT2D eigenvalue weighted by Gasteiger charge is 1.99. The average molecular weight is 160 g/mol. The summed E-state index contributed by atoms with van der Waals surface area (Å²) in [6.45, 7) is 4.30. The third-order valence-electron chi connectivity index (χ3n) is 1.33. The molecule has 0 aliphatic heterocycles. The van der Waals surface area contributed by atoms with E-state index in [4.69, 9.17) is 12.2 Å². The van der Waals surface area contributed by atoms with E-state index in [1.165, 1.54) is 12.8 Å². The summed E-state index contributed by atoms with van der Waals surface area (Å²) in [5.74, 6) is 0. The molecule has 0 rings (SSSR count). The maximum Gasteiger partial charge on any atom is 0.166 e. The molecule has 0 aliphatic carbocycles. The third kappa shape index (κ3) is 4.56. The fraction of sp³-hybridized carbons (Fsp3) is 0.857. The largest absolute Gasteiger partial charge is 0.366 e. The number of nitrogens with one attached hydrogen (secondary N) is 2. The van der Waals surface area contributed by atoms with Crippen molar-refractivity contribution >= 4 is 17.3 Å². The summed E-state index contributed by atoms with van der Waals surface area (Å²) in [5.41, 5.74) is 0. The van der Waals surface area contributed by atoms with E-state index in [1.807, 2.05) is 7.05 Å². The highest BCUT2D eigenvalue weighted by Crippen LogP contribution is 1.93. The summed E-state index contributed by atoms with van der Waals surface area (Å²) < 4.78 is 0. The highest BCUT2D eigenvalue weighted by molar-refractivity contribution is 7.80. The topological polar surface area (TPSA) is 24.1 Å². The van der Waals surface area contributed by atoms with Gasteiger partial charge in [0.15, 0.2) is 5.11 Å². The van der Waals surface area contributed by atoms with Gasteiger partial charge in [0.05, 0.1) is 0 Å². The van der Waals surface area contributed by atoms with Crippen LogP contribution in [0.2, 0.25) is 0 Å². The summed E-state index contributed by atoms with van der Waals surface area (Å²) >= 11 is 4.92. The summed E-state index contributed by atoms with van der Waals surface area (Å²) in [7, 11) is 1.83. The predicted octanol–water partition coefficient (Wildman–Crippen LogP) is 1.27. The Bertz CT molecular complexity index is 104. The molecule has 1 atom stereocenters. The smallest absolute Gasteiger partial charge is 0.166 e. The first-order valence-corrected chi connectivity index (χ1v) is 4.09. The molecule has 0 aromatic heterocycles. The van der Waals surface area contributed by atoms with E-state index >= 15 is 0 Å². The first-order valence-electron chi connectivity index (χ1n) is 3.69. The minimum atomic E-state index is 0.491. The fourth-order valence-electron chi connectivity index (χ4n) is 0.801. The van der Waals surface area contributed by atoms with Crippen molar-refractivity contribution in [1.29, 1.82) is 0 Å². The van der Waals surface area contributed by atoms with Gasteiger partial charge in [0.2, 0.25) is 0 Å². The van der Waals surface area contributed by atoms with Crippen LogP contribution in [0.1, 0.15) is 26.7 Å². The monoisotopic (exact) mass is 160 g/mol. The zero-order valence-electron chi connectivity index (χ0n) is 6.90. The minimum absolute atomic E-state index is 0.491. The van der Waals surface area contributed by atoms with Crippen LogP contribution in [0.5, 0.6) is 0 Å². The van der Waals surface area contributed by atoms with Crippen molar-refractivity contribution < 1.29 is 0 Å². The zero-order valence-corrected chi connectivity index (χ0v) is 7.72. The Hall–Kier alpha value is -0.310. The van der Waals surface area contributed by atoms with Crippen LogP contribution in [0.3, 0.4) is 0 Å². The number of rotatable bonds is 3. The van der Waals surface area contributed by atoms with Gasteiger partial charge in [-0.05, 0) is 25.6 Å². The Labute approximate surface area is 68.4 Å². The van der Waals surface area contributed by atoms with E-state index in [9.17, 15) is 0 Å². The van der Waals surface area contributed by atoms with Gasteiger partial charge in [0, 0.05) is 13.1 Å². The average Bonchev–Trinajstić information content (AvgIpc) is 1.88. The second kappa shape index (κ2) is 5.47. The van der Waals surface area contributed by atoms with Gasteiger partial charge in [-0.2, -0.15) is 0 Å². The second-order valence-electron chi connectivity index (χ2n) is 2.41. The van der Waals surface area contributed by atoms with Crippen LogP contribution in [0, 0.1) is 0 Å². The van der Waals surface area contributed by atoms with Crippen molar-refractivity contribution in [1.82, 2.24) is 10.6 Å². The molecular formula is C7H16N2S. The normalized spacial score (nSPS) is 12.3. The molecule has 0 heterocycles. The van der Waals surface area contributed by atoms with Gasteiger partial charge < -0.3 is 10.6 Å². The van der Waals surface area contributed by atoms with Crippen LogP contribution < -0.4 is 10.6 Å². The molecule has 10 heavy (non-hydrogen) atoms. The van der Waals surface area contributed by atoms with Crippen molar-refractivity contribution in [3.8, 4) is 0 Å². The number of hydrogen-bond donors (Lipinski definition) is 2. The van der Waals surface area contributed by atoms with Gasteiger partial charge >= 0.3 is 0 Å². The Morgan fingerprint density at radius 1 is 1.60 bits per heavy atom. The lowest BCUT2D eigenvalue weighted by atomic mass is 10.2. The molecule has 60 valence electrons. The van der Waals surface area contributed by atoms with Crippen molar-refractivity contribution in [3.05, 3.63) is 0 Å². The fourth-order valence-corrected chi connectivity index (χ4v) is 1.00. The van der Waals surface area contributed by atoms with Crippen LogP contribution in [0.15, 0.2) is 0 Å². The Morgan fingerprint density at radius 2 is 2.20 bits per heavy atom. The molecular weight excluding hydrogens is 144 g/mol. The van der Waals surface area contributed by atoms with Gasteiger partial charge in [-0.3, -0.25) is 0 Å². The molecule has 2 N–H and O–H groups in total. The quantitative estimate of drug-likeness (QED) is 0.608. The van der Waals surface area contributed by atoms with Gasteiger partial charge in [-0.25, -0.2) is 0 Å². The lowest BCUT2D eigenvalue weighted by Crippen LogP contribution is -2.38. The van der Waals surface area contributed by atoms with Gasteiger partial charge in [0.1, 0.15) is 0 Å². The summed E-state index contributed by atoms with van der Waals surface area (Å²) in [6.07, 6.45) is 2.36. The summed E-state index contributed by atoms with van der Waals surface area (Å²) in [6, 6.07) is 0.491. The summed E-state index contributed by atoms with van der Waals surface area (Å²) in [5, 5.41) is 6.76. The van der Waals surface area contributed by atoms with E-state index in [-0.39, 0.29) is 0 Å². The molecule has 1 unspecified atom stereocenters. The molecule has 0 saturated heterocycles. The van der Waals surface area contributed by atoms with Gasteiger partial charge in [-0.15, -0.1) is 0 Å². The molecule has 0 radical (unpaired) electrons. The van der Waals surface area contributed by atoms with Crippen LogP contribution >= 0.6 is 12.2 Å². The third-order valence-corrected chi connectivity index (χ3v) is 1.65. The molecule has 0 fully saturated rings. The molecule has 3 heteroatoms. The van der Waals surface area contributed by atoms with Crippen LogP contribution in [-0.2, 0) is 0 Å². The SMILES string of the molecule is CCCC(C)NC(=S)NC. The zero-order chi connectivity index (χ0) is 7.98. The predicted molar refractivity (Wildman–Crippen MR) is 49.2 cm³/mol. The van der Waals surface area contributed by atoms with Crippen LogP contribution in [0.25, 0.3) is 0 Å². The van der Waals surface area contributed by atoms with Crippen molar-refractivity contribution in [3.63, 3.8) is 0 Å². The van der Waals surface area contributed by atoms with Crippen molar-refractivity contribution in [2.45, 2.75) is 32.7 Å². The standard InChI is InChI=1S/C7H16N2S/c1-4-5-6(2)9-7(10)8-3/h6H,4-5H2,1-3H3,(H2,8,9,10). The summed E-state index contributed by atoms with van der Waals surface area (Å²) in [4.78, 5) is 0. The molecule has 0 aromatic carbocycles. The Balaban J connectivity index is 3.37. The van der Waals surface area contributed by atoms with E-state index in [0.29, 0.717) is 6.04 Å². The molecule has 0 saturated carbocycles. The first-order chi connectivity index (χ1) is 4.70. The van der Waals surface area contributed by atoms with E-state index in [2.05, 4.69) is 24.5 Å². The highest BCUT2D eigenvalue weighted by atomic mass is 32.1. The maximum atomic E-state index is 4.92. The molecule has 0 aromatic rings. The Morgan fingerprint density at radius 3 is 2.60 bits per heavy atom. The lowest BCUT2D eigenvalue weighted by molar-refractivity contribution is 0.593. The van der Waals surface area contributed by atoms with Gasteiger partial charge in [0.25, 0.3) is 0 Å². The molecule has 0 aliphatic rings.